The first-order chi connectivity index (χ1) is 12.9. The maximum atomic E-state index is 12.3. The number of aryl methyl sites for hydroxylation is 1. The van der Waals surface area contributed by atoms with E-state index < -0.39 is 4.92 Å². The summed E-state index contributed by atoms with van der Waals surface area (Å²) in [6.07, 6.45) is 0. The molecule has 27 heavy (non-hydrogen) atoms. The fourth-order valence-corrected chi connectivity index (χ4v) is 3.40. The van der Waals surface area contributed by atoms with Gasteiger partial charge >= 0.3 is 0 Å². The topological polar surface area (TPSA) is 78.7 Å². The number of hydrogen-bond acceptors (Lipinski definition) is 5. The predicted molar refractivity (Wildman–Crippen MR) is 107 cm³/mol. The van der Waals surface area contributed by atoms with Crippen molar-refractivity contribution >= 4 is 34.6 Å². The maximum Gasteiger partial charge on any atom is 0.269 e. The van der Waals surface area contributed by atoms with E-state index in [-0.39, 0.29) is 18.1 Å². The van der Waals surface area contributed by atoms with E-state index >= 15 is 0 Å². The quantitative estimate of drug-likeness (QED) is 0.628. The van der Waals surface area contributed by atoms with Gasteiger partial charge in [-0.05, 0) is 30.7 Å². The second kappa shape index (κ2) is 8.37. The van der Waals surface area contributed by atoms with Crippen molar-refractivity contribution in [3.8, 4) is 0 Å². The third kappa shape index (κ3) is 4.75. The number of halogens is 1. The summed E-state index contributed by atoms with van der Waals surface area (Å²) < 4.78 is 0. The van der Waals surface area contributed by atoms with Crippen LogP contribution < -0.4 is 10.2 Å². The molecule has 0 radical (unpaired) electrons. The molecule has 1 saturated heterocycles. The Morgan fingerprint density at radius 2 is 1.89 bits per heavy atom. The summed E-state index contributed by atoms with van der Waals surface area (Å²) in [5.41, 5.74) is 2.30. The first kappa shape index (κ1) is 19.1. The van der Waals surface area contributed by atoms with E-state index in [1.165, 1.54) is 12.1 Å². The van der Waals surface area contributed by atoms with Gasteiger partial charge in [0.2, 0.25) is 5.91 Å². The van der Waals surface area contributed by atoms with Crippen LogP contribution in [0, 0.1) is 17.0 Å². The van der Waals surface area contributed by atoms with E-state index in [4.69, 9.17) is 11.6 Å². The number of anilines is 2. The van der Waals surface area contributed by atoms with E-state index in [2.05, 4.69) is 15.1 Å². The highest BCUT2D eigenvalue weighted by molar-refractivity contribution is 6.33. The van der Waals surface area contributed by atoms with Gasteiger partial charge in [0.05, 0.1) is 22.2 Å². The van der Waals surface area contributed by atoms with E-state index in [1.54, 1.807) is 13.0 Å². The zero-order chi connectivity index (χ0) is 19.4. The smallest absolute Gasteiger partial charge is 0.269 e. The van der Waals surface area contributed by atoms with Gasteiger partial charge in [-0.1, -0.05) is 23.7 Å². The Balaban J connectivity index is 1.53. The zero-order valence-electron chi connectivity index (χ0n) is 15.0. The molecule has 0 aliphatic carbocycles. The van der Waals surface area contributed by atoms with Crippen LogP contribution in [0.25, 0.3) is 0 Å². The van der Waals surface area contributed by atoms with Crippen molar-refractivity contribution < 1.29 is 9.72 Å². The Morgan fingerprint density at radius 3 is 2.52 bits per heavy atom. The van der Waals surface area contributed by atoms with Crippen LogP contribution >= 0.6 is 11.6 Å². The average molecular weight is 389 g/mol. The van der Waals surface area contributed by atoms with Crippen molar-refractivity contribution in [1.29, 1.82) is 0 Å². The molecule has 1 aliphatic heterocycles. The molecular formula is C19H21ClN4O3. The molecule has 7 nitrogen and oxygen atoms in total. The molecule has 8 heteroatoms. The van der Waals surface area contributed by atoms with Gasteiger partial charge in [-0.2, -0.15) is 0 Å². The fraction of sp³-hybridized carbons (Fsp3) is 0.316. The zero-order valence-corrected chi connectivity index (χ0v) is 15.8. The first-order valence-electron chi connectivity index (χ1n) is 8.71. The molecule has 1 aliphatic rings. The number of nitro groups is 1. The number of piperazine rings is 1. The van der Waals surface area contributed by atoms with Gasteiger partial charge in [0, 0.05) is 44.0 Å². The molecule has 1 amide bonds. The normalized spacial score (nSPS) is 14.8. The molecule has 1 fully saturated rings. The Morgan fingerprint density at radius 1 is 1.19 bits per heavy atom. The number of para-hydroxylation sites is 1. The summed E-state index contributed by atoms with van der Waals surface area (Å²) in [5.74, 6) is -0.127. The van der Waals surface area contributed by atoms with Gasteiger partial charge in [-0.25, -0.2) is 0 Å². The van der Waals surface area contributed by atoms with Crippen LogP contribution in [-0.4, -0.2) is 48.5 Å². The van der Waals surface area contributed by atoms with Crippen molar-refractivity contribution in [3.05, 3.63) is 63.2 Å². The lowest BCUT2D eigenvalue weighted by Crippen LogP contribution is -2.48. The summed E-state index contributed by atoms with van der Waals surface area (Å²) in [5, 5.41) is 14.4. The van der Waals surface area contributed by atoms with Crippen molar-refractivity contribution in [1.82, 2.24) is 4.90 Å². The van der Waals surface area contributed by atoms with Crippen LogP contribution in [0.15, 0.2) is 42.5 Å². The predicted octanol–water partition coefficient (Wildman–Crippen LogP) is 3.32. The van der Waals surface area contributed by atoms with Gasteiger partial charge < -0.3 is 10.2 Å². The summed E-state index contributed by atoms with van der Waals surface area (Å²) in [6, 6.07) is 12.2. The summed E-state index contributed by atoms with van der Waals surface area (Å²) >= 11 is 6.25. The van der Waals surface area contributed by atoms with Crippen molar-refractivity contribution in [2.45, 2.75) is 6.92 Å². The van der Waals surface area contributed by atoms with Crippen LogP contribution in [0.1, 0.15) is 5.56 Å². The van der Waals surface area contributed by atoms with Crippen LogP contribution in [0.5, 0.6) is 0 Å². The Labute approximate surface area is 162 Å². The highest BCUT2D eigenvalue weighted by Gasteiger charge is 2.20. The lowest BCUT2D eigenvalue weighted by atomic mass is 10.2. The van der Waals surface area contributed by atoms with E-state index in [1.807, 2.05) is 24.3 Å². The maximum absolute atomic E-state index is 12.3. The standard InChI is InChI=1S/C19H21ClN4O3/c1-14-12-15(24(26)27)6-7-17(14)21-19(25)13-22-8-10-23(11-9-22)18-5-3-2-4-16(18)20/h2-7,12H,8-11,13H2,1H3,(H,21,25). The Kier molecular flexibility index (Phi) is 5.93. The molecule has 0 atom stereocenters. The van der Waals surface area contributed by atoms with Crippen molar-refractivity contribution in [3.63, 3.8) is 0 Å². The van der Waals surface area contributed by atoms with Gasteiger partial charge in [0.25, 0.3) is 5.69 Å². The van der Waals surface area contributed by atoms with Crippen LogP contribution in [0.3, 0.4) is 0 Å². The summed E-state index contributed by atoms with van der Waals surface area (Å²) in [7, 11) is 0. The molecule has 0 unspecified atom stereocenters. The molecule has 2 aromatic rings. The number of amides is 1. The third-order valence-corrected chi connectivity index (χ3v) is 4.95. The fourth-order valence-electron chi connectivity index (χ4n) is 3.15. The molecule has 0 saturated carbocycles. The van der Waals surface area contributed by atoms with Crippen molar-refractivity contribution in [2.24, 2.45) is 0 Å². The number of nitro benzene ring substituents is 1. The molecule has 3 rings (SSSR count). The molecule has 2 aromatic carbocycles. The second-order valence-corrected chi connectivity index (χ2v) is 6.93. The summed E-state index contributed by atoms with van der Waals surface area (Å²) in [4.78, 5) is 27.0. The number of hydrogen-bond donors (Lipinski definition) is 1. The third-order valence-electron chi connectivity index (χ3n) is 4.63. The number of rotatable bonds is 5. The number of nitrogens with one attached hydrogen (secondary N) is 1. The lowest BCUT2D eigenvalue weighted by Gasteiger charge is -2.36. The van der Waals surface area contributed by atoms with Gasteiger partial charge in [-0.3, -0.25) is 19.8 Å². The molecule has 0 bridgehead atoms. The monoisotopic (exact) mass is 388 g/mol. The molecule has 0 aromatic heterocycles. The van der Waals surface area contributed by atoms with E-state index in [0.717, 1.165) is 36.9 Å². The number of carbonyl (C=O) groups excluding carboxylic acids is 1. The summed E-state index contributed by atoms with van der Waals surface area (Å²) in [6.45, 7) is 5.15. The molecule has 142 valence electrons. The minimum atomic E-state index is -0.447. The minimum absolute atomic E-state index is 0.0150. The van der Waals surface area contributed by atoms with Gasteiger partial charge in [0.1, 0.15) is 0 Å². The first-order valence-corrected chi connectivity index (χ1v) is 9.08. The minimum Gasteiger partial charge on any atom is -0.368 e. The SMILES string of the molecule is Cc1cc([N+](=O)[O-])ccc1NC(=O)CN1CCN(c2ccccc2Cl)CC1. The Bertz CT molecular complexity index is 851. The second-order valence-electron chi connectivity index (χ2n) is 6.52. The van der Waals surface area contributed by atoms with E-state index in [9.17, 15) is 14.9 Å². The highest BCUT2D eigenvalue weighted by atomic mass is 35.5. The average Bonchev–Trinajstić information content (AvgIpc) is 2.64. The number of nitrogens with zero attached hydrogens (tertiary/aromatic N) is 3. The molecule has 1 heterocycles. The highest BCUT2D eigenvalue weighted by Crippen LogP contribution is 2.26. The van der Waals surface area contributed by atoms with Gasteiger partial charge in [-0.15, -0.1) is 0 Å². The largest absolute Gasteiger partial charge is 0.368 e. The van der Waals surface area contributed by atoms with Crippen LogP contribution in [0.4, 0.5) is 17.1 Å². The number of benzene rings is 2. The lowest BCUT2D eigenvalue weighted by molar-refractivity contribution is -0.384. The van der Waals surface area contributed by atoms with Gasteiger partial charge in [0.15, 0.2) is 0 Å². The van der Waals surface area contributed by atoms with Crippen LogP contribution in [0.2, 0.25) is 5.02 Å². The molecule has 1 N–H and O–H groups in total. The molecular weight excluding hydrogens is 368 g/mol. The molecule has 0 spiro atoms. The van der Waals surface area contributed by atoms with E-state index in [0.29, 0.717) is 11.3 Å². The van der Waals surface area contributed by atoms with Crippen LogP contribution in [-0.2, 0) is 4.79 Å². The Hall–Kier alpha value is -2.64. The number of non-ortho nitro benzene ring substituents is 1. The van der Waals surface area contributed by atoms with Crippen molar-refractivity contribution in [2.75, 3.05) is 42.9 Å². The number of carbonyl (C=O) groups is 1.